The fourth-order valence-electron chi connectivity index (χ4n) is 3.10. The van der Waals surface area contributed by atoms with Crippen molar-refractivity contribution in [2.24, 2.45) is 5.92 Å². The molecule has 0 spiro atoms. The van der Waals surface area contributed by atoms with Gasteiger partial charge in [-0.25, -0.2) is 4.98 Å². The fourth-order valence-corrected chi connectivity index (χ4v) is 3.10. The quantitative estimate of drug-likeness (QED) is 0.846. The van der Waals surface area contributed by atoms with Crippen LogP contribution in [-0.4, -0.2) is 35.5 Å². The number of rotatable bonds is 6. The Morgan fingerprint density at radius 1 is 1.28 bits per heavy atom. The topological polar surface area (TPSA) is 70.2 Å². The molecular formula is C19H25N5O. The summed E-state index contributed by atoms with van der Waals surface area (Å²) in [4.78, 5) is 23.2. The number of nitrogens with one attached hydrogen (secondary N) is 2. The molecule has 0 unspecified atom stereocenters. The predicted molar refractivity (Wildman–Crippen MR) is 99.4 cm³/mol. The van der Waals surface area contributed by atoms with Crippen LogP contribution >= 0.6 is 0 Å². The van der Waals surface area contributed by atoms with Gasteiger partial charge >= 0.3 is 0 Å². The first-order valence-electron chi connectivity index (χ1n) is 8.87. The summed E-state index contributed by atoms with van der Waals surface area (Å²) in [5, 5.41) is 6.37. The zero-order valence-electron chi connectivity index (χ0n) is 14.6. The van der Waals surface area contributed by atoms with E-state index in [-0.39, 0.29) is 11.8 Å². The van der Waals surface area contributed by atoms with Crippen LogP contribution in [0.4, 0.5) is 11.5 Å². The molecule has 0 bridgehead atoms. The summed E-state index contributed by atoms with van der Waals surface area (Å²) in [6.45, 7) is 5.49. The van der Waals surface area contributed by atoms with Gasteiger partial charge in [-0.1, -0.05) is 19.1 Å². The summed E-state index contributed by atoms with van der Waals surface area (Å²) in [5.74, 6) is 1.04. The zero-order valence-corrected chi connectivity index (χ0v) is 14.6. The van der Waals surface area contributed by atoms with Gasteiger partial charge in [-0.15, -0.1) is 0 Å². The minimum Gasteiger partial charge on any atom is -0.355 e. The third-order valence-electron chi connectivity index (χ3n) is 4.51. The monoisotopic (exact) mass is 339 g/mol. The number of benzene rings is 1. The maximum atomic E-state index is 12.6. The van der Waals surface area contributed by atoms with Gasteiger partial charge in [0.1, 0.15) is 5.82 Å². The van der Waals surface area contributed by atoms with Crippen LogP contribution in [0.15, 0.2) is 42.9 Å². The first-order chi connectivity index (χ1) is 12.3. The predicted octanol–water partition coefficient (Wildman–Crippen LogP) is 2.44. The summed E-state index contributed by atoms with van der Waals surface area (Å²) in [6.07, 6.45) is 6.82. The van der Waals surface area contributed by atoms with E-state index in [0.717, 1.165) is 50.5 Å². The third-order valence-corrected chi connectivity index (χ3v) is 4.51. The van der Waals surface area contributed by atoms with Gasteiger partial charge in [0.2, 0.25) is 5.91 Å². The van der Waals surface area contributed by atoms with E-state index in [9.17, 15) is 4.79 Å². The summed E-state index contributed by atoms with van der Waals surface area (Å²) in [5.41, 5.74) is 2.05. The number of carbonyl (C=O) groups excluding carboxylic acids is 1. The highest BCUT2D eigenvalue weighted by Gasteiger charge is 2.25. The fraction of sp³-hybridized carbons (Fsp3) is 0.421. The number of hydrogen-bond acceptors (Lipinski definition) is 5. The van der Waals surface area contributed by atoms with E-state index >= 15 is 0 Å². The molecule has 1 fully saturated rings. The SMILES string of the molecule is CCNCc1cccc(NC(=O)C2CCN(c3cnccn3)CC2)c1. The highest BCUT2D eigenvalue weighted by molar-refractivity contribution is 5.92. The summed E-state index contributed by atoms with van der Waals surface area (Å²) < 4.78 is 0. The second-order valence-electron chi connectivity index (χ2n) is 6.29. The Morgan fingerprint density at radius 3 is 2.84 bits per heavy atom. The molecule has 0 atom stereocenters. The number of piperidine rings is 1. The Hall–Kier alpha value is -2.47. The number of nitrogens with zero attached hydrogens (tertiary/aromatic N) is 3. The standard InChI is InChI=1S/C19H25N5O/c1-2-20-13-15-4-3-5-17(12-15)23-19(25)16-6-10-24(11-7-16)18-14-21-8-9-22-18/h3-5,8-9,12,14,16,20H,2,6-7,10-11,13H2,1H3,(H,23,25). The maximum absolute atomic E-state index is 12.6. The molecular weight excluding hydrogens is 314 g/mol. The van der Waals surface area contributed by atoms with Crippen LogP contribution in [0.25, 0.3) is 0 Å². The molecule has 1 saturated heterocycles. The van der Waals surface area contributed by atoms with Crippen LogP contribution in [0.5, 0.6) is 0 Å². The van der Waals surface area contributed by atoms with Gasteiger partial charge in [-0.2, -0.15) is 0 Å². The Labute approximate surface area is 148 Å². The molecule has 1 aliphatic heterocycles. The minimum absolute atomic E-state index is 0.0466. The first-order valence-corrected chi connectivity index (χ1v) is 8.87. The number of carbonyl (C=O) groups is 1. The van der Waals surface area contributed by atoms with Crippen molar-refractivity contribution in [3.05, 3.63) is 48.4 Å². The van der Waals surface area contributed by atoms with Crippen LogP contribution in [0, 0.1) is 5.92 Å². The molecule has 2 N–H and O–H groups in total. The summed E-state index contributed by atoms with van der Waals surface area (Å²) in [6, 6.07) is 8.04. The highest BCUT2D eigenvalue weighted by Crippen LogP contribution is 2.22. The average Bonchev–Trinajstić information content (AvgIpc) is 2.67. The van der Waals surface area contributed by atoms with Gasteiger partial charge in [0.05, 0.1) is 6.20 Å². The number of aromatic nitrogens is 2. The molecule has 132 valence electrons. The second kappa shape index (κ2) is 8.58. The molecule has 3 rings (SSSR count). The van der Waals surface area contributed by atoms with Crippen molar-refractivity contribution in [1.29, 1.82) is 0 Å². The molecule has 0 radical (unpaired) electrons. The lowest BCUT2D eigenvalue weighted by Gasteiger charge is -2.31. The van der Waals surface area contributed by atoms with E-state index in [1.165, 1.54) is 5.56 Å². The van der Waals surface area contributed by atoms with E-state index < -0.39 is 0 Å². The van der Waals surface area contributed by atoms with E-state index in [1.54, 1.807) is 18.6 Å². The molecule has 0 saturated carbocycles. The van der Waals surface area contributed by atoms with Crippen LogP contribution in [0.1, 0.15) is 25.3 Å². The van der Waals surface area contributed by atoms with Gasteiger partial charge in [-0.3, -0.25) is 9.78 Å². The van der Waals surface area contributed by atoms with Gasteiger partial charge < -0.3 is 15.5 Å². The Bertz CT molecular complexity index is 683. The second-order valence-corrected chi connectivity index (χ2v) is 6.29. The Kier molecular flexibility index (Phi) is 5.95. The smallest absolute Gasteiger partial charge is 0.227 e. The molecule has 1 amide bonds. The molecule has 25 heavy (non-hydrogen) atoms. The molecule has 6 heteroatoms. The van der Waals surface area contributed by atoms with Crippen molar-refractivity contribution in [1.82, 2.24) is 15.3 Å². The van der Waals surface area contributed by atoms with E-state index in [2.05, 4.69) is 38.5 Å². The number of anilines is 2. The summed E-state index contributed by atoms with van der Waals surface area (Å²) in [7, 11) is 0. The first kappa shape index (κ1) is 17.4. The zero-order chi connectivity index (χ0) is 17.5. The van der Waals surface area contributed by atoms with Gasteiger partial charge in [-0.05, 0) is 37.1 Å². The Morgan fingerprint density at radius 2 is 2.12 bits per heavy atom. The van der Waals surface area contributed by atoms with Crippen molar-refractivity contribution < 1.29 is 4.79 Å². The lowest BCUT2D eigenvalue weighted by atomic mass is 9.96. The maximum Gasteiger partial charge on any atom is 0.227 e. The molecule has 1 aromatic heterocycles. The molecule has 2 heterocycles. The lowest BCUT2D eigenvalue weighted by Crippen LogP contribution is -2.38. The van der Waals surface area contributed by atoms with Crippen molar-refractivity contribution in [2.45, 2.75) is 26.3 Å². The van der Waals surface area contributed by atoms with Crippen molar-refractivity contribution >= 4 is 17.4 Å². The Balaban J connectivity index is 1.53. The molecule has 6 nitrogen and oxygen atoms in total. The minimum atomic E-state index is 0.0466. The molecule has 2 aromatic rings. The normalized spacial score (nSPS) is 15.2. The van der Waals surface area contributed by atoms with Crippen LogP contribution < -0.4 is 15.5 Å². The molecule has 1 aromatic carbocycles. The van der Waals surface area contributed by atoms with Crippen LogP contribution in [0.3, 0.4) is 0 Å². The number of hydrogen-bond donors (Lipinski definition) is 2. The average molecular weight is 339 g/mol. The molecule has 1 aliphatic rings. The number of amides is 1. The molecule has 0 aliphatic carbocycles. The van der Waals surface area contributed by atoms with Gasteiger partial charge in [0.15, 0.2) is 0 Å². The largest absolute Gasteiger partial charge is 0.355 e. The lowest BCUT2D eigenvalue weighted by molar-refractivity contribution is -0.120. The summed E-state index contributed by atoms with van der Waals surface area (Å²) >= 11 is 0. The highest BCUT2D eigenvalue weighted by atomic mass is 16.1. The van der Waals surface area contributed by atoms with Gasteiger partial charge in [0.25, 0.3) is 0 Å². The van der Waals surface area contributed by atoms with Gasteiger partial charge in [0, 0.05) is 43.6 Å². The van der Waals surface area contributed by atoms with Crippen LogP contribution in [0.2, 0.25) is 0 Å². The van der Waals surface area contributed by atoms with Crippen molar-refractivity contribution in [2.75, 3.05) is 29.9 Å². The van der Waals surface area contributed by atoms with E-state index in [4.69, 9.17) is 0 Å². The van der Waals surface area contributed by atoms with Crippen LogP contribution in [-0.2, 0) is 11.3 Å². The van der Waals surface area contributed by atoms with E-state index in [1.807, 2.05) is 18.2 Å². The van der Waals surface area contributed by atoms with Crippen molar-refractivity contribution in [3.63, 3.8) is 0 Å². The van der Waals surface area contributed by atoms with Crippen molar-refractivity contribution in [3.8, 4) is 0 Å². The van der Waals surface area contributed by atoms with E-state index in [0.29, 0.717) is 0 Å². The third kappa shape index (κ3) is 4.76.